The Kier molecular flexibility index (Phi) is 12.5. The first-order chi connectivity index (χ1) is 18.2. The molecule has 0 saturated carbocycles. The summed E-state index contributed by atoms with van der Waals surface area (Å²) in [5, 5.41) is 56.9. The van der Waals surface area contributed by atoms with E-state index in [1.54, 1.807) is 24.3 Å². The number of aromatic hydroxyl groups is 6. The molecule has 1 heterocycles. The molecule has 5 rings (SSSR count). The van der Waals surface area contributed by atoms with Crippen LogP contribution in [0.15, 0.2) is 72.8 Å². The summed E-state index contributed by atoms with van der Waals surface area (Å²) >= 11 is 0. The van der Waals surface area contributed by atoms with Gasteiger partial charge in [0.05, 0.1) is 11.4 Å². The fraction of sp³-hybridized carbons (Fsp3) is 0.172. The Morgan fingerprint density at radius 1 is 0.500 bits per heavy atom. The molecule has 4 aromatic rings. The van der Waals surface area contributed by atoms with Gasteiger partial charge in [-0.2, -0.15) is 0 Å². The molecule has 4 aromatic carbocycles. The molecule has 9 heteroatoms. The van der Waals surface area contributed by atoms with Gasteiger partial charge in [-0.25, -0.2) is 0 Å². The van der Waals surface area contributed by atoms with Crippen molar-refractivity contribution in [2.45, 2.75) is 34.1 Å². The lowest BCUT2D eigenvalue weighted by atomic mass is 9.97. The zero-order valence-corrected chi connectivity index (χ0v) is 22.0. The van der Waals surface area contributed by atoms with Crippen LogP contribution in [0.25, 0.3) is 0 Å². The normalized spacial score (nSPS) is 10.0. The largest absolute Gasteiger partial charge is 0.504 e. The summed E-state index contributed by atoms with van der Waals surface area (Å²) in [5.74, 6) is -2.01. The molecule has 0 fully saturated rings. The van der Waals surface area contributed by atoms with Crippen molar-refractivity contribution in [1.29, 1.82) is 0 Å². The van der Waals surface area contributed by atoms with E-state index in [4.69, 9.17) is 31.9 Å². The third-order valence-corrected chi connectivity index (χ3v) is 4.94. The average molecular weight is 524 g/mol. The maximum atomic E-state index is 9.45. The lowest BCUT2D eigenvalue weighted by Crippen LogP contribution is -2.06. The fourth-order valence-corrected chi connectivity index (χ4v) is 3.10. The molecule has 0 atom stereocenters. The Morgan fingerprint density at radius 3 is 1.37 bits per heavy atom. The quantitative estimate of drug-likeness (QED) is 0.0651. The molecule has 0 saturated heterocycles. The summed E-state index contributed by atoms with van der Waals surface area (Å²) in [5.41, 5.74) is 16.2. The number of hydrogen-bond acceptors (Lipinski definition) is 9. The number of benzene rings is 4. The molecule has 11 N–H and O–H groups in total. The van der Waals surface area contributed by atoms with Crippen molar-refractivity contribution in [3.05, 3.63) is 83.9 Å². The zero-order valence-electron chi connectivity index (χ0n) is 22.0. The number of nitrogens with two attached hydrogens (primary N) is 2. The Labute approximate surface area is 222 Å². The second-order valence-electron chi connectivity index (χ2n) is 7.42. The maximum absolute atomic E-state index is 9.45. The minimum absolute atomic E-state index is 0.0695. The van der Waals surface area contributed by atoms with Crippen LogP contribution in [-0.4, -0.2) is 30.6 Å². The van der Waals surface area contributed by atoms with Crippen molar-refractivity contribution in [3.63, 3.8) is 0 Å². The van der Waals surface area contributed by atoms with Crippen LogP contribution < -0.4 is 16.8 Å². The van der Waals surface area contributed by atoms with Crippen molar-refractivity contribution in [1.82, 2.24) is 0 Å². The van der Waals surface area contributed by atoms with Gasteiger partial charge in [0.1, 0.15) is 0 Å². The molecule has 0 spiro atoms. The van der Waals surface area contributed by atoms with Gasteiger partial charge in [0.2, 0.25) is 0 Å². The third-order valence-electron chi connectivity index (χ3n) is 4.94. The average Bonchev–Trinajstić information content (AvgIpc) is 2.92. The Bertz CT molecular complexity index is 1190. The van der Waals surface area contributed by atoms with Crippen LogP contribution in [0.1, 0.15) is 38.8 Å². The number of hydrogen-bond donors (Lipinski definition) is 9. The summed E-state index contributed by atoms with van der Waals surface area (Å²) < 4.78 is 0. The van der Waals surface area contributed by atoms with E-state index in [0.29, 0.717) is 11.4 Å². The molecule has 0 bridgehead atoms. The fourth-order valence-electron chi connectivity index (χ4n) is 3.10. The van der Waals surface area contributed by atoms with Gasteiger partial charge in [-0.1, -0.05) is 58.0 Å². The highest BCUT2D eigenvalue weighted by Crippen LogP contribution is 2.38. The number of nitrogens with one attached hydrogen (secondary N) is 1. The highest BCUT2D eigenvalue weighted by Gasteiger charge is 2.16. The number of fused-ring (bicyclic) bond motifs is 2. The number of rotatable bonds is 0. The highest BCUT2D eigenvalue weighted by atomic mass is 16.3. The van der Waals surface area contributed by atoms with Crippen LogP contribution in [0, 0.1) is 0 Å². The van der Waals surface area contributed by atoms with Gasteiger partial charge < -0.3 is 47.4 Å². The molecule has 1 aliphatic heterocycles. The van der Waals surface area contributed by atoms with Crippen LogP contribution in [0.2, 0.25) is 0 Å². The van der Waals surface area contributed by atoms with Crippen molar-refractivity contribution in [2.24, 2.45) is 0 Å². The van der Waals surface area contributed by atoms with Gasteiger partial charge in [-0.05, 0) is 35.4 Å². The summed E-state index contributed by atoms with van der Waals surface area (Å²) in [6.45, 7) is 8.00. The van der Waals surface area contributed by atoms with Crippen LogP contribution in [0.3, 0.4) is 0 Å². The second-order valence-corrected chi connectivity index (χ2v) is 7.42. The molecule has 38 heavy (non-hydrogen) atoms. The van der Waals surface area contributed by atoms with Gasteiger partial charge in [0.15, 0.2) is 34.5 Å². The Morgan fingerprint density at radius 2 is 0.895 bits per heavy atom. The van der Waals surface area contributed by atoms with Crippen molar-refractivity contribution >= 4 is 22.7 Å². The molecule has 0 aromatic heterocycles. The minimum atomic E-state index is -0.463. The number of nitrogen functional groups attached to an aromatic ring is 2. The topological polar surface area (TPSA) is 185 Å². The monoisotopic (exact) mass is 523 g/mol. The first-order valence-electron chi connectivity index (χ1n) is 12.1. The summed E-state index contributed by atoms with van der Waals surface area (Å²) in [6.07, 6.45) is 0.770. The predicted octanol–water partition coefficient (Wildman–Crippen LogP) is 6.16. The Balaban J connectivity index is 0.000000285. The van der Waals surface area contributed by atoms with Gasteiger partial charge in [0, 0.05) is 36.0 Å². The van der Waals surface area contributed by atoms with Crippen LogP contribution in [0.4, 0.5) is 22.7 Å². The number of phenols is 6. The smallest absolute Gasteiger partial charge is 0.161 e. The third kappa shape index (κ3) is 8.63. The Hall–Kier alpha value is -4.92. The van der Waals surface area contributed by atoms with Crippen LogP contribution >= 0.6 is 0 Å². The summed E-state index contributed by atoms with van der Waals surface area (Å²) in [7, 11) is 0. The minimum Gasteiger partial charge on any atom is -0.504 e. The second kappa shape index (κ2) is 15.2. The van der Waals surface area contributed by atoms with E-state index in [-0.39, 0.29) is 11.5 Å². The van der Waals surface area contributed by atoms with E-state index in [9.17, 15) is 10.2 Å². The predicted molar refractivity (Wildman–Crippen MR) is 153 cm³/mol. The lowest BCUT2D eigenvalue weighted by Gasteiger charge is -2.21. The van der Waals surface area contributed by atoms with E-state index in [1.165, 1.54) is 5.56 Å². The zero-order chi connectivity index (χ0) is 28.8. The SMILES string of the molecule is CC.CC.Nc1ccccc1N.Oc1cc(O)c(O)cc1O.Oc1cc2c(cc1O)Nc1ccccc1C2. The van der Waals surface area contributed by atoms with Gasteiger partial charge in [-0.15, -0.1) is 0 Å². The standard InChI is InChI=1S/C13H11NO2.C6H8N2.C6H6O4.2C2H6/c15-12-6-9-5-8-3-1-2-4-10(8)14-11(9)7-13(12)16;7-5-3-1-2-4-6(5)8;7-3-1-4(8)6(10)2-5(3)9;2*1-2/h1-4,6-7,14-16H,5H2;1-4H,7-8H2;1-2,7-10H;2*1-2H3. The molecule has 1 aliphatic rings. The number of phenolic OH excluding ortho intramolecular Hbond substituents is 6. The van der Waals surface area contributed by atoms with Crippen molar-refractivity contribution < 1.29 is 30.6 Å². The van der Waals surface area contributed by atoms with Crippen LogP contribution in [-0.2, 0) is 6.42 Å². The van der Waals surface area contributed by atoms with Gasteiger partial charge >= 0.3 is 0 Å². The molecule has 0 aliphatic carbocycles. The van der Waals surface area contributed by atoms with Gasteiger partial charge in [-0.3, -0.25) is 0 Å². The first kappa shape index (κ1) is 31.1. The van der Waals surface area contributed by atoms with E-state index in [2.05, 4.69) is 11.4 Å². The molecule has 0 unspecified atom stereocenters. The van der Waals surface area contributed by atoms with Crippen molar-refractivity contribution in [2.75, 3.05) is 16.8 Å². The first-order valence-corrected chi connectivity index (χ1v) is 12.1. The molecule has 0 amide bonds. The van der Waals surface area contributed by atoms with Gasteiger partial charge in [0.25, 0.3) is 0 Å². The molecular weight excluding hydrogens is 486 g/mol. The number of anilines is 4. The summed E-state index contributed by atoms with van der Waals surface area (Å²) in [6, 6.07) is 20.1. The van der Waals surface area contributed by atoms with Crippen molar-refractivity contribution in [3.8, 4) is 34.5 Å². The molecule has 0 radical (unpaired) electrons. The number of para-hydroxylation sites is 3. The molecule has 204 valence electrons. The van der Waals surface area contributed by atoms with E-state index in [1.807, 2.05) is 58.0 Å². The maximum Gasteiger partial charge on any atom is 0.161 e. The van der Waals surface area contributed by atoms with E-state index >= 15 is 0 Å². The van der Waals surface area contributed by atoms with E-state index < -0.39 is 23.0 Å². The van der Waals surface area contributed by atoms with E-state index in [0.717, 1.165) is 35.5 Å². The molecular formula is C29H37N3O6. The molecule has 9 nitrogen and oxygen atoms in total. The van der Waals surface area contributed by atoms with Crippen LogP contribution in [0.5, 0.6) is 34.5 Å². The summed E-state index contributed by atoms with van der Waals surface area (Å²) in [4.78, 5) is 0. The lowest BCUT2D eigenvalue weighted by molar-refractivity contribution is 0.373. The highest BCUT2D eigenvalue weighted by molar-refractivity contribution is 5.74.